The molecule has 1 aromatic heterocycles. The third kappa shape index (κ3) is 5.47. The fourth-order valence-electron chi connectivity index (χ4n) is 1.86. The molecular formula is C14H26N4. The third-order valence-corrected chi connectivity index (χ3v) is 2.85. The number of likely N-dealkylation sites (N-methyl/N-ethyl adjacent to an activating group) is 1. The van der Waals surface area contributed by atoms with E-state index in [2.05, 4.69) is 53.3 Å². The predicted molar refractivity (Wildman–Crippen MR) is 77.9 cm³/mol. The summed E-state index contributed by atoms with van der Waals surface area (Å²) in [6.07, 6.45) is 1.18. The van der Waals surface area contributed by atoms with Crippen LogP contribution >= 0.6 is 0 Å². The Morgan fingerprint density at radius 1 is 1.17 bits per heavy atom. The zero-order valence-electron chi connectivity index (χ0n) is 12.1. The van der Waals surface area contributed by atoms with Crippen molar-refractivity contribution in [3.63, 3.8) is 0 Å². The smallest absolute Gasteiger partial charge is 0.126 e. The van der Waals surface area contributed by atoms with E-state index in [1.54, 1.807) is 0 Å². The van der Waals surface area contributed by atoms with Gasteiger partial charge < -0.3 is 10.2 Å². The van der Waals surface area contributed by atoms with E-state index in [1.165, 1.54) is 6.42 Å². The Balaban J connectivity index is 2.57. The molecule has 1 heterocycles. The van der Waals surface area contributed by atoms with Gasteiger partial charge in [-0.05, 0) is 39.2 Å². The molecule has 0 bridgehead atoms. The van der Waals surface area contributed by atoms with Gasteiger partial charge in [0.15, 0.2) is 0 Å². The molecule has 0 aliphatic heterocycles. The van der Waals surface area contributed by atoms with Crippen LogP contribution in [0.4, 0.5) is 5.82 Å². The normalized spacial score (nSPS) is 11.2. The lowest BCUT2D eigenvalue weighted by atomic mass is 10.3. The Morgan fingerprint density at radius 3 is 2.56 bits per heavy atom. The van der Waals surface area contributed by atoms with Crippen LogP contribution in [0.15, 0.2) is 18.2 Å². The Kier molecular flexibility index (Phi) is 6.68. The van der Waals surface area contributed by atoms with Crippen molar-refractivity contribution in [1.29, 1.82) is 0 Å². The fourth-order valence-corrected chi connectivity index (χ4v) is 1.86. The number of nitrogens with one attached hydrogen (secondary N) is 1. The number of anilines is 1. The van der Waals surface area contributed by atoms with Gasteiger partial charge in [0.1, 0.15) is 5.82 Å². The van der Waals surface area contributed by atoms with Gasteiger partial charge in [0.05, 0.1) is 5.69 Å². The minimum absolute atomic E-state index is 0.928. The minimum Gasteiger partial charge on any atom is -0.373 e. The van der Waals surface area contributed by atoms with Crippen LogP contribution in [0.25, 0.3) is 0 Å². The fraction of sp³-hybridized carbons (Fsp3) is 0.643. The molecule has 0 saturated carbocycles. The highest BCUT2D eigenvalue weighted by atomic mass is 15.2. The molecular weight excluding hydrogens is 224 g/mol. The molecule has 102 valence electrons. The zero-order valence-corrected chi connectivity index (χ0v) is 12.1. The Labute approximate surface area is 111 Å². The minimum atomic E-state index is 0.928. The van der Waals surface area contributed by atoms with E-state index in [0.717, 1.165) is 37.7 Å². The first-order chi connectivity index (χ1) is 8.65. The predicted octanol–water partition coefficient (Wildman–Crippen LogP) is 1.90. The van der Waals surface area contributed by atoms with Gasteiger partial charge in [-0.1, -0.05) is 13.0 Å². The van der Waals surface area contributed by atoms with Crippen LogP contribution < -0.4 is 5.32 Å². The van der Waals surface area contributed by atoms with Gasteiger partial charge in [0.25, 0.3) is 0 Å². The van der Waals surface area contributed by atoms with Gasteiger partial charge in [-0.3, -0.25) is 4.90 Å². The average molecular weight is 250 g/mol. The topological polar surface area (TPSA) is 31.4 Å². The van der Waals surface area contributed by atoms with Crippen LogP contribution in [0.3, 0.4) is 0 Å². The number of hydrogen-bond donors (Lipinski definition) is 1. The lowest BCUT2D eigenvalue weighted by Crippen LogP contribution is -2.32. The second kappa shape index (κ2) is 8.06. The van der Waals surface area contributed by atoms with Crippen molar-refractivity contribution in [1.82, 2.24) is 14.8 Å². The molecule has 0 unspecified atom stereocenters. The largest absolute Gasteiger partial charge is 0.373 e. The van der Waals surface area contributed by atoms with Crippen molar-refractivity contribution in [2.45, 2.75) is 19.9 Å². The van der Waals surface area contributed by atoms with E-state index >= 15 is 0 Å². The summed E-state index contributed by atoms with van der Waals surface area (Å²) in [5.74, 6) is 0.941. The maximum atomic E-state index is 4.57. The summed E-state index contributed by atoms with van der Waals surface area (Å²) >= 11 is 0. The van der Waals surface area contributed by atoms with Crippen molar-refractivity contribution in [3.05, 3.63) is 23.9 Å². The van der Waals surface area contributed by atoms with Gasteiger partial charge in [-0.2, -0.15) is 0 Å². The number of nitrogens with zero attached hydrogens (tertiary/aromatic N) is 3. The molecule has 1 aromatic rings. The summed E-state index contributed by atoms with van der Waals surface area (Å²) < 4.78 is 0. The van der Waals surface area contributed by atoms with Gasteiger partial charge >= 0.3 is 0 Å². The number of aromatic nitrogens is 1. The van der Waals surface area contributed by atoms with Crippen LogP contribution in [0.2, 0.25) is 0 Å². The first kappa shape index (κ1) is 14.9. The van der Waals surface area contributed by atoms with Gasteiger partial charge in [0, 0.05) is 26.7 Å². The monoisotopic (exact) mass is 250 g/mol. The molecule has 0 aliphatic rings. The van der Waals surface area contributed by atoms with Gasteiger partial charge in [0.2, 0.25) is 0 Å². The second-order valence-corrected chi connectivity index (χ2v) is 4.84. The van der Waals surface area contributed by atoms with E-state index in [9.17, 15) is 0 Å². The Morgan fingerprint density at radius 2 is 1.94 bits per heavy atom. The zero-order chi connectivity index (χ0) is 13.4. The second-order valence-electron chi connectivity index (χ2n) is 4.84. The standard InChI is InChI=1S/C14H26N4/c1-5-9-18(11-10-17(3)4)12-13-7-6-8-14(15-2)16-13/h6-8H,5,9-12H2,1-4H3,(H,15,16). The molecule has 0 spiro atoms. The van der Waals surface area contributed by atoms with E-state index < -0.39 is 0 Å². The van der Waals surface area contributed by atoms with Crippen molar-refractivity contribution in [3.8, 4) is 0 Å². The molecule has 0 amide bonds. The summed E-state index contributed by atoms with van der Waals surface area (Å²) in [4.78, 5) is 9.26. The third-order valence-electron chi connectivity index (χ3n) is 2.85. The molecule has 0 radical (unpaired) electrons. The van der Waals surface area contributed by atoms with Crippen LogP contribution in [0.5, 0.6) is 0 Å². The Hall–Kier alpha value is -1.13. The van der Waals surface area contributed by atoms with Crippen LogP contribution in [-0.4, -0.2) is 55.6 Å². The molecule has 0 aliphatic carbocycles. The summed E-state index contributed by atoms with van der Waals surface area (Å²) in [6.45, 7) is 6.45. The van der Waals surface area contributed by atoms with Crippen molar-refractivity contribution < 1.29 is 0 Å². The molecule has 4 nitrogen and oxygen atoms in total. The van der Waals surface area contributed by atoms with E-state index in [1.807, 2.05) is 13.1 Å². The highest BCUT2D eigenvalue weighted by Gasteiger charge is 2.06. The number of pyridine rings is 1. The molecule has 0 saturated heterocycles. The summed E-state index contributed by atoms with van der Waals surface area (Å²) in [5, 5.41) is 3.08. The van der Waals surface area contributed by atoms with Gasteiger partial charge in [-0.25, -0.2) is 4.98 Å². The summed E-state index contributed by atoms with van der Waals surface area (Å²) in [6, 6.07) is 6.15. The maximum absolute atomic E-state index is 4.57. The van der Waals surface area contributed by atoms with E-state index in [-0.39, 0.29) is 0 Å². The first-order valence-electron chi connectivity index (χ1n) is 6.66. The molecule has 18 heavy (non-hydrogen) atoms. The van der Waals surface area contributed by atoms with Crippen LogP contribution in [0, 0.1) is 0 Å². The van der Waals surface area contributed by atoms with Crippen molar-refractivity contribution in [2.24, 2.45) is 0 Å². The quantitative estimate of drug-likeness (QED) is 0.763. The summed E-state index contributed by atoms with van der Waals surface area (Å²) in [7, 11) is 6.13. The van der Waals surface area contributed by atoms with Crippen molar-refractivity contribution in [2.75, 3.05) is 46.1 Å². The molecule has 4 heteroatoms. The SMILES string of the molecule is CCCN(CCN(C)C)Cc1cccc(NC)n1. The summed E-state index contributed by atoms with van der Waals surface area (Å²) in [5.41, 5.74) is 1.13. The first-order valence-corrected chi connectivity index (χ1v) is 6.66. The van der Waals surface area contributed by atoms with Crippen molar-refractivity contribution >= 4 is 5.82 Å². The van der Waals surface area contributed by atoms with Crippen LogP contribution in [0.1, 0.15) is 19.0 Å². The molecule has 0 atom stereocenters. The maximum Gasteiger partial charge on any atom is 0.126 e. The number of hydrogen-bond acceptors (Lipinski definition) is 4. The molecule has 1 rings (SSSR count). The number of rotatable bonds is 8. The molecule has 1 N–H and O–H groups in total. The van der Waals surface area contributed by atoms with Crippen LogP contribution in [-0.2, 0) is 6.54 Å². The highest BCUT2D eigenvalue weighted by Crippen LogP contribution is 2.07. The molecule has 0 aromatic carbocycles. The lowest BCUT2D eigenvalue weighted by Gasteiger charge is -2.23. The average Bonchev–Trinajstić information content (AvgIpc) is 2.36. The van der Waals surface area contributed by atoms with E-state index in [4.69, 9.17) is 0 Å². The molecule has 0 fully saturated rings. The Bertz CT molecular complexity index is 338. The van der Waals surface area contributed by atoms with E-state index in [0.29, 0.717) is 0 Å². The lowest BCUT2D eigenvalue weighted by molar-refractivity contribution is 0.232. The van der Waals surface area contributed by atoms with Gasteiger partial charge in [-0.15, -0.1) is 0 Å². The highest BCUT2D eigenvalue weighted by molar-refractivity contribution is 5.34.